The number of fused-ring (bicyclic) bond motifs is 1. The zero-order chi connectivity index (χ0) is 24.2. The number of carbonyl (C=O) groups is 1. The summed E-state index contributed by atoms with van der Waals surface area (Å²) in [5.41, 5.74) is 5.98. The molecule has 1 aliphatic rings. The molecule has 0 aliphatic carbocycles. The third-order valence-corrected chi connectivity index (χ3v) is 7.74. The molecule has 2 aromatic carbocycles. The highest BCUT2D eigenvalue weighted by molar-refractivity contribution is 7.15. The van der Waals surface area contributed by atoms with Crippen LogP contribution in [0.3, 0.4) is 0 Å². The monoisotopic (exact) mass is 472 g/mol. The predicted octanol–water partition coefficient (Wildman–Crippen LogP) is 5.94. The van der Waals surface area contributed by atoms with Crippen LogP contribution in [0.15, 0.2) is 48.6 Å². The fourth-order valence-electron chi connectivity index (χ4n) is 4.69. The summed E-state index contributed by atoms with van der Waals surface area (Å²) < 4.78 is 5.36. The quantitative estimate of drug-likeness (QED) is 0.373. The molecular formula is C27H28N4O2S. The molecule has 174 valence electrons. The molecule has 1 aliphatic heterocycles. The van der Waals surface area contributed by atoms with Crippen LogP contribution >= 0.6 is 11.3 Å². The largest absolute Gasteiger partial charge is 0.497 e. The third kappa shape index (κ3) is 3.60. The Balaban J connectivity index is 1.57. The van der Waals surface area contributed by atoms with Gasteiger partial charge in [0.1, 0.15) is 22.8 Å². The number of ether oxygens (including phenoxy) is 1. The number of hydrogen-bond donors (Lipinski definition) is 1. The van der Waals surface area contributed by atoms with Crippen LogP contribution in [-0.4, -0.2) is 39.4 Å². The summed E-state index contributed by atoms with van der Waals surface area (Å²) >= 11 is 1.56. The minimum atomic E-state index is -0.654. The molecule has 4 aromatic rings. The van der Waals surface area contributed by atoms with Crippen molar-refractivity contribution in [1.29, 1.82) is 0 Å². The average molecular weight is 473 g/mol. The number of nitrogens with one attached hydrogen (secondary N) is 1. The van der Waals surface area contributed by atoms with Crippen LogP contribution in [0.25, 0.3) is 21.5 Å². The Labute approximate surface area is 203 Å². The number of likely N-dealkylation sites (tertiary alicyclic amines) is 1. The summed E-state index contributed by atoms with van der Waals surface area (Å²) in [6.07, 6.45) is 0.637. The van der Waals surface area contributed by atoms with Gasteiger partial charge in [-0.25, -0.2) is 9.97 Å². The highest BCUT2D eigenvalue weighted by atomic mass is 32.1. The first-order chi connectivity index (χ1) is 16.2. The van der Waals surface area contributed by atoms with Crippen molar-refractivity contribution in [3.8, 4) is 16.2 Å². The van der Waals surface area contributed by atoms with Gasteiger partial charge in [-0.2, -0.15) is 0 Å². The number of amides is 1. The molecule has 1 unspecified atom stereocenters. The van der Waals surface area contributed by atoms with Gasteiger partial charge in [-0.1, -0.05) is 30.4 Å². The van der Waals surface area contributed by atoms with Crippen LogP contribution in [0.2, 0.25) is 0 Å². The Morgan fingerprint density at radius 2 is 1.94 bits per heavy atom. The van der Waals surface area contributed by atoms with Gasteiger partial charge in [-0.05, 0) is 56.5 Å². The molecule has 1 N–H and O–H groups in total. The molecule has 0 bridgehead atoms. The lowest BCUT2D eigenvalue weighted by atomic mass is 9.96. The van der Waals surface area contributed by atoms with E-state index < -0.39 is 5.54 Å². The number of rotatable bonds is 4. The lowest BCUT2D eigenvalue weighted by Crippen LogP contribution is -2.44. The molecule has 1 amide bonds. The normalized spacial score (nSPS) is 18.1. The first kappa shape index (κ1) is 22.3. The topological polar surface area (TPSA) is 71.1 Å². The molecule has 5 rings (SSSR count). The van der Waals surface area contributed by atoms with Crippen molar-refractivity contribution in [2.24, 2.45) is 0 Å². The average Bonchev–Trinajstić information content (AvgIpc) is 3.49. The molecule has 0 spiro atoms. The molecule has 7 heteroatoms. The van der Waals surface area contributed by atoms with Gasteiger partial charge in [0.2, 0.25) is 0 Å². The molecular weight excluding hydrogens is 444 g/mol. The highest BCUT2D eigenvalue weighted by Gasteiger charge is 2.46. The Hall–Kier alpha value is -3.45. The summed E-state index contributed by atoms with van der Waals surface area (Å²) in [6, 6.07) is 12.0. The lowest BCUT2D eigenvalue weighted by Gasteiger charge is -2.33. The van der Waals surface area contributed by atoms with E-state index in [0.29, 0.717) is 18.7 Å². The fourth-order valence-corrected chi connectivity index (χ4v) is 5.60. The van der Waals surface area contributed by atoms with Crippen LogP contribution in [0.4, 0.5) is 0 Å². The SMILES string of the molecule is C=C1CN(C(=O)c2nc(C)sc2-c2ccc(C)c(C)c2)C(C)(c2nc3ccc(OC)cc3[nH]2)C1. The van der Waals surface area contributed by atoms with E-state index in [4.69, 9.17) is 9.72 Å². The number of aromatic nitrogens is 3. The van der Waals surface area contributed by atoms with Gasteiger partial charge >= 0.3 is 0 Å². The minimum absolute atomic E-state index is 0.100. The summed E-state index contributed by atoms with van der Waals surface area (Å²) in [6.45, 7) is 12.9. The number of thiazole rings is 1. The van der Waals surface area contributed by atoms with Gasteiger partial charge in [0.25, 0.3) is 5.91 Å². The highest BCUT2D eigenvalue weighted by Crippen LogP contribution is 2.42. The zero-order valence-corrected chi connectivity index (χ0v) is 21.0. The van der Waals surface area contributed by atoms with Crippen molar-refractivity contribution in [2.75, 3.05) is 13.7 Å². The van der Waals surface area contributed by atoms with Crippen molar-refractivity contribution < 1.29 is 9.53 Å². The second kappa shape index (κ2) is 8.09. The maximum absolute atomic E-state index is 14.0. The van der Waals surface area contributed by atoms with Crippen molar-refractivity contribution in [2.45, 2.75) is 39.7 Å². The minimum Gasteiger partial charge on any atom is -0.497 e. The van der Waals surface area contributed by atoms with Gasteiger partial charge in [0.15, 0.2) is 0 Å². The van der Waals surface area contributed by atoms with E-state index in [2.05, 4.69) is 48.6 Å². The molecule has 34 heavy (non-hydrogen) atoms. The molecule has 1 fully saturated rings. The molecule has 1 saturated heterocycles. The number of imidazole rings is 1. The fraction of sp³-hybridized carbons (Fsp3) is 0.296. The van der Waals surface area contributed by atoms with Gasteiger partial charge in [0.05, 0.1) is 28.0 Å². The van der Waals surface area contributed by atoms with Gasteiger partial charge in [0, 0.05) is 19.0 Å². The number of nitrogens with zero attached hydrogens (tertiary/aromatic N) is 3. The Morgan fingerprint density at radius 3 is 2.68 bits per heavy atom. The van der Waals surface area contributed by atoms with Crippen molar-refractivity contribution in [3.05, 3.63) is 76.2 Å². The molecule has 3 heterocycles. The van der Waals surface area contributed by atoms with E-state index in [0.717, 1.165) is 43.6 Å². The maximum atomic E-state index is 14.0. The van der Waals surface area contributed by atoms with Crippen LogP contribution in [0.5, 0.6) is 5.75 Å². The van der Waals surface area contributed by atoms with Gasteiger partial charge < -0.3 is 14.6 Å². The van der Waals surface area contributed by atoms with Crippen LogP contribution < -0.4 is 4.74 Å². The lowest BCUT2D eigenvalue weighted by molar-refractivity contribution is 0.0602. The number of benzene rings is 2. The third-order valence-electron chi connectivity index (χ3n) is 6.72. The zero-order valence-electron chi connectivity index (χ0n) is 20.2. The molecule has 6 nitrogen and oxygen atoms in total. The summed E-state index contributed by atoms with van der Waals surface area (Å²) in [5.74, 6) is 1.40. The number of aryl methyl sites for hydroxylation is 3. The number of hydrogen-bond acceptors (Lipinski definition) is 5. The van der Waals surface area contributed by atoms with E-state index >= 15 is 0 Å². The van der Waals surface area contributed by atoms with Gasteiger partial charge in [-0.3, -0.25) is 4.79 Å². The van der Waals surface area contributed by atoms with Crippen LogP contribution in [0, 0.1) is 20.8 Å². The van der Waals surface area contributed by atoms with Crippen molar-refractivity contribution in [1.82, 2.24) is 19.9 Å². The predicted molar refractivity (Wildman–Crippen MR) is 137 cm³/mol. The number of carbonyl (C=O) groups excluding carboxylic acids is 1. The number of H-pyrrole nitrogens is 1. The maximum Gasteiger partial charge on any atom is 0.275 e. The molecule has 1 atom stereocenters. The molecule has 2 aromatic heterocycles. The van der Waals surface area contributed by atoms with Gasteiger partial charge in [-0.15, -0.1) is 11.3 Å². The van der Waals surface area contributed by atoms with E-state index in [1.165, 1.54) is 11.1 Å². The smallest absolute Gasteiger partial charge is 0.275 e. The first-order valence-electron chi connectivity index (χ1n) is 11.3. The van der Waals surface area contributed by atoms with Crippen molar-refractivity contribution >= 4 is 28.3 Å². The van der Waals surface area contributed by atoms with E-state index in [9.17, 15) is 4.79 Å². The molecule has 0 radical (unpaired) electrons. The Kier molecular flexibility index (Phi) is 5.32. The van der Waals surface area contributed by atoms with Crippen LogP contribution in [0.1, 0.15) is 45.8 Å². The Bertz CT molecular complexity index is 1450. The van der Waals surface area contributed by atoms with E-state index in [1.807, 2.05) is 36.9 Å². The first-order valence-corrected chi connectivity index (χ1v) is 12.1. The summed E-state index contributed by atoms with van der Waals surface area (Å²) in [7, 11) is 1.64. The van der Waals surface area contributed by atoms with Crippen LogP contribution in [-0.2, 0) is 5.54 Å². The molecule has 0 saturated carbocycles. The van der Waals surface area contributed by atoms with E-state index in [-0.39, 0.29) is 5.91 Å². The number of methoxy groups -OCH3 is 1. The Morgan fingerprint density at radius 1 is 1.15 bits per heavy atom. The second-order valence-corrected chi connectivity index (χ2v) is 10.5. The van der Waals surface area contributed by atoms with Crippen molar-refractivity contribution in [3.63, 3.8) is 0 Å². The van der Waals surface area contributed by atoms with E-state index in [1.54, 1.807) is 18.4 Å². The number of aromatic amines is 1. The summed E-state index contributed by atoms with van der Waals surface area (Å²) in [5, 5.41) is 0.868. The second-order valence-electron chi connectivity index (χ2n) is 9.27. The standard InChI is InChI=1S/C27H28N4O2S/c1-15-13-27(5,26-29-21-10-9-20(33-6)12-22(21)30-26)31(14-15)25(32)23-24(34-18(4)28-23)19-8-7-16(2)17(3)11-19/h7-12H,1,13-14H2,2-6H3,(H,29,30). The summed E-state index contributed by atoms with van der Waals surface area (Å²) in [4.78, 5) is 29.8.